The molecule has 0 fully saturated rings. The van der Waals surface area contributed by atoms with Crippen LogP contribution in [0.5, 0.6) is 0 Å². The molecule has 1 aromatic carbocycles. The third-order valence-corrected chi connectivity index (χ3v) is 6.71. The summed E-state index contributed by atoms with van der Waals surface area (Å²) in [5.74, 6) is 0.183. The molecule has 2 amide bonds. The van der Waals surface area contributed by atoms with Gasteiger partial charge in [0.1, 0.15) is 0 Å². The summed E-state index contributed by atoms with van der Waals surface area (Å²) in [5, 5.41) is 19.5. The van der Waals surface area contributed by atoms with Crippen molar-refractivity contribution in [3.05, 3.63) is 45.3 Å². The fraction of sp³-hybridized carbons (Fsp3) is 0.400. The topological polar surface area (TPSA) is 118 Å². The van der Waals surface area contributed by atoms with E-state index in [0.29, 0.717) is 6.42 Å². The van der Waals surface area contributed by atoms with Gasteiger partial charge in [0.05, 0.1) is 9.81 Å². The number of nitrogens with two attached hydrogens (primary N) is 2. The molecule has 28 heavy (non-hydrogen) atoms. The number of thiophene rings is 1. The number of rotatable bonds is 3. The van der Waals surface area contributed by atoms with Crippen LogP contribution >= 0.6 is 23.3 Å². The summed E-state index contributed by atoms with van der Waals surface area (Å²) >= 11 is 2.77. The minimum Gasteiger partial charge on any atom is -0.386 e. The van der Waals surface area contributed by atoms with Gasteiger partial charge in [-0.3, -0.25) is 9.93 Å². The maximum atomic E-state index is 11.8. The number of ketones is 1. The average molecular weight is 420 g/mol. The molecule has 6 nitrogen and oxygen atoms in total. The van der Waals surface area contributed by atoms with Gasteiger partial charge >= 0.3 is 6.03 Å². The maximum absolute atomic E-state index is 11.8. The zero-order chi connectivity index (χ0) is 20.5. The Kier molecular flexibility index (Phi) is 6.14. The largest absolute Gasteiger partial charge is 0.386 e. The molecule has 0 spiro atoms. The van der Waals surface area contributed by atoms with Crippen LogP contribution in [0.4, 0.5) is 10.5 Å². The molecule has 0 atom stereocenters. The average Bonchev–Trinajstić information content (AvgIpc) is 3.34. The summed E-state index contributed by atoms with van der Waals surface area (Å²) in [6, 6.07) is 3.38. The standard InChI is InChI=1S/C13H14N2O2.C7H11NOS2/c14-13(17)15-12-8-3-1-2-7(8)6-10-9(12)4-5-11(10)16;1-7(2,9)5-3-6(11-8)10-4-5/h6H,1-5H2,(H3,14,15,17);3-4,9H,8H2,1-2H3. The number of aliphatic hydroxyl groups is 1. The highest BCUT2D eigenvalue weighted by molar-refractivity contribution is 7.99. The zero-order valence-corrected chi connectivity index (χ0v) is 17.6. The Balaban J connectivity index is 0.000000178. The molecule has 1 heterocycles. The monoisotopic (exact) mass is 419 g/mol. The minimum absolute atomic E-state index is 0.183. The van der Waals surface area contributed by atoms with E-state index in [-0.39, 0.29) is 5.78 Å². The van der Waals surface area contributed by atoms with E-state index < -0.39 is 11.6 Å². The Morgan fingerprint density at radius 3 is 2.54 bits per heavy atom. The number of Topliss-reactive ketones (excluding diaryl/α,β-unsaturated/α-hetero) is 1. The number of primary amides is 1. The van der Waals surface area contributed by atoms with E-state index in [1.54, 1.807) is 25.2 Å². The minimum atomic E-state index is -0.746. The van der Waals surface area contributed by atoms with Crippen molar-refractivity contribution in [2.75, 3.05) is 5.32 Å². The van der Waals surface area contributed by atoms with Gasteiger partial charge in [0, 0.05) is 17.7 Å². The van der Waals surface area contributed by atoms with Gasteiger partial charge < -0.3 is 16.2 Å². The highest BCUT2D eigenvalue weighted by Crippen LogP contribution is 2.38. The first-order chi connectivity index (χ1) is 13.2. The molecule has 0 unspecified atom stereocenters. The van der Waals surface area contributed by atoms with E-state index in [4.69, 9.17) is 10.9 Å². The molecule has 2 aliphatic carbocycles. The van der Waals surface area contributed by atoms with Crippen LogP contribution in [0, 0.1) is 0 Å². The Labute approximate surface area is 172 Å². The van der Waals surface area contributed by atoms with Crippen molar-refractivity contribution < 1.29 is 14.7 Å². The van der Waals surface area contributed by atoms with Gasteiger partial charge in [0.15, 0.2) is 5.78 Å². The Hall–Kier alpha value is -1.87. The lowest BCUT2D eigenvalue weighted by Crippen LogP contribution is -2.21. The van der Waals surface area contributed by atoms with E-state index in [2.05, 4.69) is 5.32 Å². The van der Waals surface area contributed by atoms with E-state index in [1.165, 1.54) is 23.1 Å². The van der Waals surface area contributed by atoms with Crippen LogP contribution in [0.3, 0.4) is 0 Å². The summed E-state index contributed by atoms with van der Waals surface area (Å²) in [6.07, 6.45) is 4.30. The van der Waals surface area contributed by atoms with E-state index in [1.807, 2.05) is 17.5 Å². The smallest absolute Gasteiger partial charge is 0.316 e. The summed E-state index contributed by atoms with van der Waals surface area (Å²) in [5.41, 5.74) is 10.3. The van der Waals surface area contributed by atoms with Gasteiger partial charge in [-0.05, 0) is 91.2 Å². The number of nitrogens with one attached hydrogen (secondary N) is 1. The van der Waals surface area contributed by atoms with Crippen molar-refractivity contribution in [2.45, 2.75) is 55.8 Å². The predicted molar refractivity (Wildman–Crippen MR) is 114 cm³/mol. The summed E-state index contributed by atoms with van der Waals surface area (Å²) in [4.78, 5) is 22.8. The van der Waals surface area contributed by atoms with Gasteiger partial charge in [0.25, 0.3) is 0 Å². The highest BCUT2D eigenvalue weighted by atomic mass is 32.2. The molecule has 4 rings (SSSR count). The van der Waals surface area contributed by atoms with Crippen molar-refractivity contribution in [3.63, 3.8) is 0 Å². The maximum Gasteiger partial charge on any atom is 0.316 e. The van der Waals surface area contributed by atoms with Crippen molar-refractivity contribution in [3.8, 4) is 0 Å². The lowest BCUT2D eigenvalue weighted by Gasteiger charge is -2.14. The number of amides is 2. The van der Waals surface area contributed by atoms with Crippen LogP contribution in [-0.2, 0) is 24.9 Å². The number of fused-ring (bicyclic) bond motifs is 2. The van der Waals surface area contributed by atoms with E-state index in [0.717, 1.165) is 52.3 Å². The van der Waals surface area contributed by atoms with Crippen molar-refractivity contribution in [2.24, 2.45) is 10.9 Å². The van der Waals surface area contributed by atoms with Gasteiger partial charge in [-0.2, -0.15) is 0 Å². The van der Waals surface area contributed by atoms with Crippen LogP contribution in [0.15, 0.2) is 21.7 Å². The van der Waals surface area contributed by atoms with Crippen LogP contribution < -0.4 is 16.2 Å². The third kappa shape index (κ3) is 4.41. The van der Waals surface area contributed by atoms with E-state index >= 15 is 0 Å². The first kappa shape index (κ1) is 20.9. The van der Waals surface area contributed by atoms with Crippen LogP contribution in [0.2, 0.25) is 0 Å². The number of benzene rings is 1. The molecule has 0 bridgehead atoms. The molecule has 2 aliphatic rings. The Bertz CT molecular complexity index is 916. The molecular weight excluding hydrogens is 394 g/mol. The Morgan fingerprint density at radius 1 is 1.21 bits per heavy atom. The molecule has 6 N–H and O–H groups in total. The van der Waals surface area contributed by atoms with Gasteiger partial charge in [-0.1, -0.05) is 0 Å². The van der Waals surface area contributed by atoms with Gasteiger partial charge in [-0.25, -0.2) is 4.79 Å². The molecule has 0 aliphatic heterocycles. The third-order valence-electron chi connectivity index (χ3n) is 5.06. The number of anilines is 1. The molecule has 0 radical (unpaired) electrons. The number of carbonyl (C=O) groups excluding carboxylic acids is 2. The molecule has 8 heteroatoms. The van der Waals surface area contributed by atoms with Crippen LogP contribution in [0.1, 0.15) is 59.3 Å². The zero-order valence-electron chi connectivity index (χ0n) is 16.0. The van der Waals surface area contributed by atoms with Gasteiger partial charge in [-0.15, -0.1) is 11.3 Å². The number of hydrogen-bond acceptors (Lipinski definition) is 6. The SMILES string of the molecule is CC(C)(O)c1csc(SN)c1.NC(=O)Nc1c2c(cc3c1CCC3=O)CCC2. The lowest BCUT2D eigenvalue weighted by molar-refractivity contribution is 0.0789. The van der Waals surface area contributed by atoms with E-state index in [9.17, 15) is 14.7 Å². The molecule has 0 saturated carbocycles. The normalized spacial score (nSPS) is 14.9. The summed E-state index contributed by atoms with van der Waals surface area (Å²) < 4.78 is 1.03. The first-order valence-corrected chi connectivity index (χ1v) is 10.9. The predicted octanol–water partition coefficient (Wildman–Crippen LogP) is 3.74. The lowest BCUT2D eigenvalue weighted by atomic mass is 9.98. The number of hydrogen-bond donors (Lipinski definition) is 4. The molecule has 0 saturated heterocycles. The van der Waals surface area contributed by atoms with Gasteiger partial charge in [0.2, 0.25) is 0 Å². The second kappa shape index (κ2) is 8.24. The van der Waals surface area contributed by atoms with Crippen molar-refractivity contribution >= 4 is 40.8 Å². The van der Waals surface area contributed by atoms with Crippen molar-refractivity contribution in [1.29, 1.82) is 0 Å². The number of urea groups is 1. The van der Waals surface area contributed by atoms with Crippen molar-refractivity contribution in [1.82, 2.24) is 0 Å². The summed E-state index contributed by atoms with van der Waals surface area (Å²) in [7, 11) is 0. The fourth-order valence-electron chi connectivity index (χ4n) is 3.64. The first-order valence-electron chi connectivity index (χ1n) is 9.16. The number of aryl methyl sites for hydroxylation is 1. The Morgan fingerprint density at radius 2 is 1.96 bits per heavy atom. The van der Waals surface area contributed by atoms with Crippen LogP contribution in [0.25, 0.3) is 0 Å². The fourth-order valence-corrected chi connectivity index (χ4v) is 5.00. The second-order valence-corrected chi connectivity index (χ2v) is 9.36. The molecular formula is C20H25N3O3S2. The molecule has 150 valence electrons. The number of carbonyl (C=O) groups is 2. The van der Waals surface area contributed by atoms with Crippen LogP contribution in [-0.4, -0.2) is 16.9 Å². The quantitative estimate of drug-likeness (QED) is 0.565. The molecule has 1 aromatic heterocycles. The highest BCUT2D eigenvalue weighted by Gasteiger charge is 2.28. The molecule has 2 aromatic rings. The summed E-state index contributed by atoms with van der Waals surface area (Å²) in [6.45, 7) is 3.53. The second-order valence-electron chi connectivity index (χ2n) is 7.51.